The van der Waals surface area contributed by atoms with Gasteiger partial charge in [0.05, 0.1) is 5.69 Å². The lowest BCUT2D eigenvalue weighted by atomic mass is 10.0. The molecule has 0 spiro atoms. The number of benzene rings is 1. The summed E-state index contributed by atoms with van der Waals surface area (Å²) in [5.74, 6) is -0.214. The van der Waals surface area contributed by atoms with Crippen LogP contribution in [0.4, 0.5) is 14.9 Å². The smallest absolute Gasteiger partial charge is 0.317 e. The number of nitrogens with one attached hydrogen (secondary N) is 1. The van der Waals surface area contributed by atoms with Crippen LogP contribution in [-0.2, 0) is 9.53 Å². The third-order valence-electron chi connectivity index (χ3n) is 6.04. The van der Waals surface area contributed by atoms with Crippen LogP contribution in [0.3, 0.4) is 0 Å². The molecule has 2 N–H and O–H groups in total. The molecule has 1 aromatic rings. The molecule has 0 bridgehead atoms. The summed E-state index contributed by atoms with van der Waals surface area (Å²) < 4.78 is 38.1. The Bertz CT molecular complexity index is 788. The van der Waals surface area contributed by atoms with Crippen LogP contribution in [0.25, 0.3) is 0 Å². The Labute approximate surface area is 172 Å². The lowest BCUT2D eigenvalue weighted by Crippen LogP contribution is -2.56. The highest BCUT2D eigenvalue weighted by Gasteiger charge is 2.33. The Hall–Kier alpha value is -1.71. The summed E-state index contributed by atoms with van der Waals surface area (Å²) >= 11 is 0. The van der Waals surface area contributed by atoms with E-state index in [0.717, 1.165) is 12.8 Å². The Balaban J connectivity index is 1.46. The second-order valence-corrected chi connectivity index (χ2v) is 12.6. The maximum atomic E-state index is 14.0. The molecule has 164 valence electrons. The van der Waals surface area contributed by atoms with Crippen LogP contribution in [0, 0.1) is 5.82 Å². The zero-order valence-electron chi connectivity index (χ0n) is 17.5. The van der Waals surface area contributed by atoms with Gasteiger partial charge < -0.3 is 15.1 Å². The number of urea groups is 1. The number of carbonyl (C=O) groups is 1. The van der Waals surface area contributed by atoms with Gasteiger partial charge in [0, 0.05) is 57.8 Å². The molecule has 7 nitrogen and oxygen atoms in total. The Morgan fingerprint density at radius 3 is 2.28 bits per heavy atom. The van der Waals surface area contributed by atoms with Crippen molar-refractivity contribution < 1.29 is 17.9 Å². The maximum absolute atomic E-state index is 14.0. The van der Waals surface area contributed by atoms with Crippen LogP contribution in [-0.4, -0.2) is 81.8 Å². The van der Waals surface area contributed by atoms with E-state index in [4.69, 9.17) is 0 Å². The van der Waals surface area contributed by atoms with E-state index >= 15 is 0 Å². The molecule has 0 atom stereocenters. The molecule has 2 saturated heterocycles. The van der Waals surface area contributed by atoms with Gasteiger partial charge in [0.2, 0.25) is 0 Å². The molecule has 2 amide bonds. The summed E-state index contributed by atoms with van der Waals surface area (Å²) in [6.07, 6.45) is 5.64. The quantitative estimate of drug-likeness (QED) is 0.772. The van der Waals surface area contributed by atoms with Crippen molar-refractivity contribution in [1.82, 2.24) is 14.5 Å². The van der Waals surface area contributed by atoms with Gasteiger partial charge in [-0.25, -0.2) is 13.5 Å². The highest BCUT2D eigenvalue weighted by atomic mass is 32.3. The van der Waals surface area contributed by atoms with E-state index in [-0.39, 0.29) is 23.9 Å². The van der Waals surface area contributed by atoms with Crippen molar-refractivity contribution in [2.24, 2.45) is 0 Å². The minimum absolute atomic E-state index is 0.0550. The molecule has 1 aromatic carbocycles. The van der Waals surface area contributed by atoms with Gasteiger partial charge >= 0.3 is 6.03 Å². The van der Waals surface area contributed by atoms with Crippen molar-refractivity contribution in [1.29, 1.82) is 0 Å². The standard InChI is InChI=1S/C20H33FN4O3S/c1-23(17-10-14-25(15-11-17)29(2,3,27)28)20(26)22-16-8-12-24(13-9-16)19-7-5-4-6-18(19)21/h4-7,16-17H,8-15H2,1-3H3,(H,22,26)(H,27,28). The summed E-state index contributed by atoms with van der Waals surface area (Å²) in [7, 11) is -1.92. The van der Waals surface area contributed by atoms with Crippen LogP contribution >= 0.6 is 0 Å². The molecule has 0 unspecified atom stereocenters. The van der Waals surface area contributed by atoms with Gasteiger partial charge in [-0.05, 0) is 37.8 Å². The Kier molecular flexibility index (Phi) is 6.21. The highest BCUT2D eigenvalue weighted by molar-refractivity contribution is 8.11. The molecule has 0 aliphatic carbocycles. The minimum Gasteiger partial charge on any atom is -0.369 e. The average molecular weight is 429 g/mol. The first-order valence-electron chi connectivity index (χ1n) is 10.2. The first-order valence-corrected chi connectivity index (χ1v) is 12.9. The van der Waals surface area contributed by atoms with Crippen LogP contribution in [0.1, 0.15) is 25.7 Å². The van der Waals surface area contributed by atoms with E-state index in [0.29, 0.717) is 44.7 Å². The van der Waals surface area contributed by atoms with E-state index in [9.17, 15) is 17.9 Å². The van der Waals surface area contributed by atoms with E-state index in [1.165, 1.54) is 18.6 Å². The summed E-state index contributed by atoms with van der Waals surface area (Å²) in [5.41, 5.74) is 0.617. The van der Waals surface area contributed by atoms with Gasteiger partial charge in [0.15, 0.2) is 0 Å². The molecule has 2 heterocycles. The molecule has 29 heavy (non-hydrogen) atoms. The third kappa shape index (κ3) is 5.46. The first-order chi connectivity index (χ1) is 13.5. The summed E-state index contributed by atoms with van der Waals surface area (Å²) in [6, 6.07) is 6.80. The van der Waals surface area contributed by atoms with Crippen molar-refractivity contribution in [2.75, 3.05) is 50.6 Å². The molecule has 0 saturated carbocycles. The largest absolute Gasteiger partial charge is 0.369 e. The highest BCUT2D eigenvalue weighted by Crippen LogP contribution is 2.26. The lowest BCUT2D eigenvalue weighted by Gasteiger charge is -2.49. The van der Waals surface area contributed by atoms with Crippen LogP contribution in [0.2, 0.25) is 0 Å². The van der Waals surface area contributed by atoms with Gasteiger partial charge in [-0.2, -0.15) is 4.21 Å². The Morgan fingerprint density at radius 1 is 1.14 bits per heavy atom. The molecule has 9 heteroatoms. The predicted octanol–water partition coefficient (Wildman–Crippen LogP) is 2.37. The molecule has 2 aliphatic heterocycles. The number of anilines is 1. The van der Waals surface area contributed by atoms with Gasteiger partial charge in [-0.1, -0.05) is 12.1 Å². The van der Waals surface area contributed by atoms with E-state index in [1.54, 1.807) is 28.4 Å². The number of piperidine rings is 2. The molecule has 2 fully saturated rings. The zero-order valence-corrected chi connectivity index (χ0v) is 18.3. The average Bonchev–Trinajstić information content (AvgIpc) is 2.67. The fourth-order valence-corrected chi connectivity index (χ4v) is 5.42. The number of rotatable bonds is 4. The minimum atomic E-state index is -3.71. The Morgan fingerprint density at radius 2 is 1.72 bits per heavy atom. The first kappa shape index (κ1) is 22.0. The summed E-state index contributed by atoms with van der Waals surface area (Å²) in [6.45, 7) is 2.40. The summed E-state index contributed by atoms with van der Waals surface area (Å²) in [4.78, 5) is 16.4. The zero-order chi connectivity index (χ0) is 21.3. The number of amides is 2. The van der Waals surface area contributed by atoms with Gasteiger partial charge in [0.1, 0.15) is 5.82 Å². The van der Waals surface area contributed by atoms with Crippen LogP contribution in [0.5, 0.6) is 0 Å². The predicted molar refractivity (Wildman–Crippen MR) is 115 cm³/mol. The number of para-hydroxylation sites is 1. The van der Waals surface area contributed by atoms with Crippen LogP contribution in [0.15, 0.2) is 24.3 Å². The number of halogens is 1. The van der Waals surface area contributed by atoms with E-state index in [1.807, 2.05) is 11.0 Å². The fourth-order valence-electron chi connectivity index (χ4n) is 4.17. The normalized spacial score (nSPS) is 21.4. The van der Waals surface area contributed by atoms with Crippen molar-refractivity contribution in [3.05, 3.63) is 30.1 Å². The fraction of sp³-hybridized carbons (Fsp3) is 0.650. The van der Waals surface area contributed by atoms with Crippen LogP contribution < -0.4 is 10.2 Å². The number of nitrogens with zero attached hydrogens (tertiary/aromatic N) is 3. The van der Waals surface area contributed by atoms with E-state index in [2.05, 4.69) is 5.32 Å². The number of carbonyl (C=O) groups excluding carboxylic acids is 1. The molecule has 2 aliphatic rings. The molecular weight excluding hydrogens is 395 g/mol. The van der Waals surface area contributed by atoms with Gasteiger partial charge in [-0.3, -0.25) is 4.55 Å². The SMILES string of the molecule is CN(C(=O)NC1CCN(c2ccccc2F)CC1)C1CCN(S(C)(C)(=O)O)CC1. The monoisotopic (exact) mass is 428 g/mol. The van der Waals surface area contributed by atoms with Crippen molar-refractivity contribution >= 4 is 21.3 Å². The third-order valence-corrected chi connectivity index (χ3v) is 7.88. The number of hydrogen-bond donors (Lipinski definition) is 2. The molecule has 0 radical (unpaired) electrons. The van der Waals surface area contributed by atoms with Crippen molar-refractivity contribution in [3.8, 4) is 0 Å². The molecule has 3 rings (SSSR count). The molecule has 0 aromatic heterocycles. The van der Waals surface area contributed by atoms with Gasteiger partial charge in [-0.15, -0.1) is 9.53 Å². The topological polar surface area (TPSA) is 76.1 Å². The molecular formula is C20H33FN4O3S. The van der Waals surface area contributed by atoms with Gasteiger partial charge in [0.25, 0.3) is 0 Å². The summed E-state index contributed by atoms with van der Waals surface area (Å²) in [5, 5.41) is 3.10. The second-order valence-electron chi connectivity index (χ2n) is 8.64. The number of hydrogen-bond acceptors (Lipinski definition) is 3. The maximum Gasteiger partial charge on any atom is 0.317 e. The van der Waals surface area contributed by atoms with Crippen molar-refractivity contribution in [2.45, 2.75) is 37.8 Å². The van der Waals surface area contributed by atoms with Crippen molar-refractivity contribution in [3.63, 3.8) is 0 Å². The van der Waals surface area contributed by atoms with E-state index < -0.39 is 9.53 Å². The second kappa shape index (κ2) is 8.20. The lowest BCUT2D eigenvalue weighted by molar-refractivity contribution is 0.156.